The number of nitrogens with one attached hydrogen (secondary N) is 1. The second-order valence-corrected chi connectivity index (χ2v) is 5.14. The first-order valence-electron chi connectivity index (χ1n) is 4.97. The van der Waals surface area contributed by atoms with Crippen LogP contribution in [0.3, 0.4) is 0 Å². The van der Waals surface area contributed by atoms with Gasteiger partial charge in [0, 0.05) is 10.5 Å². The number of aromatic nitrogens is 2. The molecule has 0 bridgehead atoms. The van der Waals surface area contributed by atoms with Crippen molar-refractivity contribution in [2.45, 2.75) is 0 Å². The molecule has 0 amide bonds. The zero-order valence-corrected chi connectivity index (χ0v) is 12.6. The summed E-state index contributed by atoms with van der Waals surface area (Å²) in [5, 5.41) is 3.08. The van der Waals surface area contributed by atoms with Gasteiger partial charge in [-0.3, -0.25) is 0 Å². The fraction of sp³-hybridized carbons (Fsp3) is 0.0909. The Morgan fingerprint density at radius 2 is 1.83 bits per heavy atom. The van der Waals surface area contributed by atoms with Crippen molar-refractivity contribution in [1.82, 2.24) is 9.97 Å². The molecule has 94 valence electrons. The monoisotopic (exact) mass is 372 g/mol. The number of ether oxygens (including phenoxy) is 1. The number of hydrogen-bond donors (Lipinski definition) is 2. The maximum atomic E-state index is 5.53. The van der Waals surface area contributed by atoms with Crippen LogP contribution >= 0.6 is 31.9 Å². The summed E-state index contributed by atoms with van der Waals surface area (Å²) in [7, 11) is 1.61. The Morgan fingerprint density at radius 1 is 1.17 bits per heavy atom. The topological polar surface area (TPSA) is 73.1 Å². The number of benzene rings is 1. The van der Waals surface area contributed by atoms with Crippen molar-refractivity contribution in [3.05, 3.63) is 33.5 Å². The summed E-state index contributed by atoms with van der Waals surface area (Å²) in [6.07, 6.45) is 3.08. The summed E-state index contributed by atoms with van der Waals surface area (Å²) in [4.78, 5) is 8.14. The number of methoxy groups -OCH3 is 1. The first-order chi connectivity index (χ1) is 8.60. The van der Waals surface area contributed by atoms with Crippen LogP contribution in [-0.4, -0.2) is 17.1 Å². The average Bonchev–Trinajstić information content (AvgIpc) is 2.35. The van der Waals surface area contributed by atoms with Crippen LogP contribution in [-0.2, 0) is 0 Å². The molecule has 2 aromatic rings. The standard InChI is InChI=1S/C11H10Br2N4O/c1-18-10-3-9(7(12)2-8(10)13)17-11-15-4-6(14)5-16-11/h2-5H,14H2,1H3,(H,15,16,17). The Morgan fingerprint density at radius 3 is 2.44 bits per heavy atom. The molecular formula is C11H10Br2N4O. The van der Waals surface area contributed by atoms with Crippen molar-refractivity contribution in [1.29, 1.82) is 0 Å². The smallest absolute Gasteiger partial charge is 0.227 e. The quantitative estimate of drug-likeness (QED) is 0.863. The Hall–Kier alpha value is -1.34. The molecule has 0 aliphatic rings. The second-order valence-electron chi connectivity index (χ2n) is 3.43. The lowest BCUT2D eigenvalue weighted by molar-refractivity contribution is 0.412. The Labute approximate surface area is 121 Å². The molecule has 0 radical (unpaired) electrons. The summed E-state index contributed by atoms with van der Waals surface area (Å²) < 4.78 is 6.96. The molecule has 0 fully saturated rings. The van der Waals surface area contributed by atoms with Gasteiger partial charge in [-0.25, -0.2) is 9.97 Å². The molecule has 5 nitrogen and oxygen atoms in total. The van der Waals surface area contributed by atoms with E-state index in [0.717, 1.165) is 20.4 Å². The Balaban J connectivity index is 2.31. The predicted octanol–water partition coefficient (Wildman–Crippen LogP) is 3.34. The van der Waals surface area contributed by atoms with E-state index in [4.69, 9.17) is 10.5 Å². The molecule has 0 aliphatic heterocycles. The first kappa shape index (κ1) is 13.1. The lowest BCUT2D eigenvalue weighted by Crippen LogP contribution is -1.99. The van der Waals surface area contributed by atoms with E-state index in [1.54, 1.807) is 19.5 Å². The van der Waals surface area contributed by atoms with E-state index < -0.39 is 0 Å². The van der Waals surface area contributed by atoms with Gasteiger partial charge in [-0.2, -0.15) is 0 Å². The number of hydrogen-bond acceptors (Lipinski definition) is 5. The van der Waals surface area contributed by atoms with Crippen molar-refractivity contribution in [2.24, 2.45) is 0 Å². The highest BCUT2D eigenvalue weighted by atomic mass is 79.9. The van der Waals surface area contributed by atoms with Crippen molar-refractivity contribution < 1.29 is 4.74 Å². The number of anilines is 3. The van der Waals surface area contributed by atoms with Gasteiger partial charge >= 0.3 is 0 Å². The molecule has 1 aromatic heterocycles. The lowest BCUT2D eigenvalue weighted by Gasteiger charge is -2.10. The summed E-state index contributed by atoms with van der Waals surface area (Å²) in [6.45, 7) is 0. The highest BCUT2D eigenvalue weighted by molar-refractivity contribution is 9.11. The summed E-state index contributed by atoms with van der Waals surface area (Å²) >= 11 is 6.86. The van der Waals surface area contributed by atoms with Gasteiger partial charge in [-0.15, -0.1) is 0 Å². The van der Waals surface area contributed by atoms with Crippen LogP contribution in [0.25, 0.3) is 0 Å². The van der Waals surface area contributed by atoms with Gasteiger partial charge < -0.3 is 15.8 Å². The minimum Gasteiger partial charge on any atom is -0.495 e. The normalized spacial score (nSPS) is 10.2. The van der Waals surface area contributed by atoms with E-state index in [2.05, 4.69) is 47.1 Å². The fourth-order valence-corrected chi connectivity index (χ4v) is 2.56. The van der Waals surface area contributed by atoms with Crippen LogP contribution in [0.1, 0.15) is 0 Å². The van der Waals surface area contributed by atoms with Gasteiger partial charge in [0.25, 0.3) is 0 Å². The third kappa shape index (κ3) is 2.91. The summed E-state index contributed by atoms with van der Waals surface area (Å²) in [5.41, 5.74) is 6.85. The Bertz CT molecular complexity index is 560. The number of rotatable bonds is 3. The SMILES string of the molecule is COc1cc(Nc2ncc(N)cn2)c(Br)cc1Br. The van der Waals surface area contributed by atoms with Gasteiger partial charge in [0.15, 0.2) is 0 Å². The molecule has 2 rings (SSSR count). The molecule has 0 atom stereocenters. The predicted molar refractivity (Wildman–Crippen MR) is 78.1 cm³/mol. The first-order valence-corrected chi connectivity index (χ1v) is 6.56. The van der Waals surface area contributed by atoms with Crippen molar-refractivity contribution in [3.8, 4) is 5.75 Å². The minimum absolute atomic E-state index is 0.467. The average molecular weight is 374 g/mol. The van der Waals surface area contributed by atoms with Crippen LogP contribution in [0.5, 0.6) is 5.75 Å². The van der Waals surface area contributed by atoms with Gasteiger partial charge in [0.2, 0.25) is 5.95 Å². The maximum absolute atomic E-state index is 5.53. The van der Waals surface area contributed by atoms with Crippen molar-refractivity contribution in [2.75, 3.05) is 18.2 Å². The Kier molecular flexibility index (Phi) is 4.03. The molecule has 1 heterocycles. The molecule has 18 heavy (non-hydrogen) atoms. The van der Waals surface area contributed by atoms with E-state index in [0.29, 0.717) is 11.6 Å². The van der Waals surface area contributed by atoms with Crippen LogP contribution in [0, 0.1) is 0 Å². The number of nitrogen functional groups attached to an aromatic ring is 1. The highest BCUT2D eigenvalue weighted by Gasteiger charge is 2.08. The molecule has 0 unspecified atom stereocenters. The molecule has 0 saturated carbocycles. The molecular weight excluding hydrogens is 364 g/mol. The van der Waals surface area contributed by atoms with Crippen LogP contribution < -0.4 is 15.8 Å². The third-order valence-electron chi connectivity index (χ3n) is 2.16. The maximum Gasteiger partial charge on any atom is 0.227 e. The van der Waals surface area contributed by atoms with Crippen LogP contribution in [0.15, 0.2) is 33.5 Å². The highest BCUT2D eigenvalue weighted by Crippen LogP contribution is 2.35. The molecule has 1 aromatic carbocycles. The van der Waals surface area contributed by atoms with Crippen molar-refractivity contribution >= 4 is 49.2 Å². The molecule has 0 spiro atoms. The molecule has 3 N–H and O–H groups in total. The van der Waals surface area contributed by atoms with E-state index in [1.807, 2.05) is 12.1 Å². The third-order valence-corrected chi connectivity index (χ3v) is 3.44. The molecule has 7 heteroatoms. The minimum atomic E-state index is 0.467. The zero-order valence-electron chi connectivity index (χ0n) is 9.45. The van der Waals surface area contributed by atoms with Gasteiger partial charge in [0.05, 0.1) is 35.4 Å². The summed E-state index contributed by atoms with van der Waals surface area (Å²) in [5.74, 6) is 1.19. The number of halogens is 2. The number of nitrogens with zero attached hydrogens (tertiary/aromatic N) is 2. The second kappa shape index (κ2) is 5.53. The van der Waals surface area contributed by atoms with E-state index in [-0.39, 0.29) is 0 Å². The largest absolute Gasteiger partial charge is 0.495 e. The fourth-order valence-electron chi connectivity index (χ4n) is 1.30. The van der Waals surface area contributed by atoms with Gasteiger partial charge in [-0.1, -0.05) is 0 Å². The van der Waals surface area contributed by atoms with Crippen LogP contribution in [0.4, 0.5) is 17.3 Å². The van der Waals surface area contributed by atoms with Crippen molar-refractivity contribution in [3.63, 3.8) is 0 Å². The molecule has 0 aliphatic carbocycles. The van der Waals surface area contributed by atoms with Gasteiger partial charge in [0.1, 0.15) is 5.75 Å². The van der Waals surface area contributed by atoms with E-state index in [1.165, 1.54) is 0 Å². The van der Waals surface area contributed by atoms with E-state index in [9.17, 15) is 0 Å². The number of nitrogens with two attached hydrogens (primary N) is 1. The zero-order chi connectivity index (χ0) is 13.1. The van der Waals surface area contributed by atoms with Crippen LogP contribution in [0.2, 0.25) is 0 Å². The van der Waals surface area contributed by atoms with Gasteiger partial charge in [-0.05, 0) is 37.9 Å². The summed E-state index contributed by atoms with van der Waals surface area (Å²) in [6, 6.07) is 3.73. The lowest BCUT2D eigenvalue weighted by atomic mass is 10.3. The molecule has 0 saturated heterocycles. The van der Waals surface area contributed by atoms with E-state index >= 15 is 0 Å².